The van der Waals surface area contributed by atoms with E-state index in [0.717, 1.165) is 51.4 Å². The maximum atomic E-state index is 12.5. The number of rotatable bonds is 4. The molecule has 0 radical (unpaired) electrons. The van der Waals surface area contributed by atoms with Gasteiger partial charge in [-0.25, -0.2) is 0 Å². The van der Waals surface area contributed by atoms with Gasteiger partial charge >= 0.3 is 0 Å². The molecule has 2 aliphatic rings. The number of carbonyl (C=O) groups is 1. The molecule has 1 amide bonds. The summed E-state index contributed by atoms with van der Waals surface area (Å²) < 4.78 is 5.78. The van der Waals surface area contributed by atoms with Gasteiger partial charge in [0.15, 0.2) is 0 Å². The summed E-state index contributed by atoms with van der Waals surface area (Å²) in [6.07, 6.45) is 2.52. The second kappa shape index (κ2) is 7.58. The normalized spacial score (nSPS) is 20.8. The molecule has 2 aliphatic heterocycles. The number of hydrogen-bond donors (Lipinski definition) is 0. The molecular weight excluding hydrogens is 332 g/mol. The predicted octanol–water partition coefficient (Wildman–Crippen LogP) is 3.35. The number of aryl methyl sites for hydroxylation is 1. The summed E-state index contributed by atoms with van der Waals surface area (Å²) in [6, 6.07) is 12.9. The number of fused-ring (bicyclic) bond motifs is 1. The number of carbonyl (C=O) groups excluding carboxylic acids is 1. The van der Waals surface area contributed by atoms with Crippen molar-refractivity contribution >= 4 is 17.2 Å². The molecule has 4 rings (SSSR count). The van der Waals surface area contributed by atoms with E-state index in [0.29, 0.717) is 18.4 Å². The maximum Gasteiger partial charge on any atom is 0.223 e. The number of hydrogen-bond acceptors (Lipinski definition) is 4. The third kappa shape index (κ3) is 3.72. The van der Waals surface area contributed by atoms with Gasteiger partial charge < -0.3 is 9.64 Å². The van der Waals surface area contributed by atoms with E-state index in [4.69, 9.17) is 4.74 Å². The molecule has 0 aliphatic carbocycles. The van der Waals surface area contributed by atoms with Crippen molar-refractivity contribution in [3.63, 3.8) is 0 Å². The SMILES string of the molecule is O=C(CCc1cccs1)N1CCN(C2CCOc3ccccc32)CC1. The highest BCUT2D eigenvalue weighted by molar-refractivity contribution is 7.09. The number of amides is 1. The van der Waals surface area contributed by atoms with E-state index in [1.54, 1.807) is 11.3 Å². The highest BCUT2D eigenvalue weighted by Crippen LogP contribution is 2.36. The molecule has 1 aromatic carbocycles. The molecule has 1 aromatic heterocycles. The van der Waals surface area contributed by atoms with Gasteiger partial charge in [-0.05, 0) is 23.9 Å². The van der Waals surface area contributed by atoms with Crippen molar-refractivity contribution < 1.29 is 9.53 Å². The van der Waals surface area contributed by atoms with Gasteiger partial charge in [0.05, 0.1) is 6.61 Å². The van der Waals surface area contributed by atoms with Crippen molar-refractivity contribution in [3.05, 3.63) is 52.2 Å². The fourth-order valence-corrected chi connectivity index (χ4v) is 4.54. The lowest BCUT2D eigenvalue weighted by Gasteiger charge is -2.41. The Hall–Kier alpha value is -1.85. The van der Waals surface area contributed by atoms with Gasteiger partial charge in [0.1, 0.15) is 5.75 Å². The third-order valence-corrected chi connectivity index (χ3v) is 6.14. The average Bonchev–Trinajstić information content (AvgIpc) is 3.19. The number of benzene rings is 1. The van der Waals surface area contributed by atoms with Crippen molar-refractivity contribution in [2.24, 2.45) is 0 Å². The summed E-state index contributed by atoms with van der Waals surface area (Å²) in [5, 5.41) is 2.07. The molecule has 0 spiro atoms. The van der Waals surface area contributed by atoms with Gasteiger partial charge in [0.2, 0.25) is 5.91 Å². The molecule has 25 heavy (non-hydrogen) atoms. The number of piperazine rings is 1. The Morgan fingerprint density at radius 1 is 1.12 bits per heavy atom. The largest absolute Gasteiger partial charge is 0.493 e. The minimum Gasteiger partial charge on any atom is -0.493 e. The molecule has 5 heteroatoms. The second-order valence-corrected chi connectivity index (χ2v) is 7.72. The predicted molar refractivity (Wildman–Crippen MR) is 100 cm³/mol. The first-order valence-corrected chi connectivity index (χ1v) is 9.95. The van der Waals surface area contributed by atoms with Crippen molar-refractivity contribution in [3.8, 4) is 5.75 Å². The Labute approximate surface area is 153 Å². The monoisotopic (exact) mass is 356 g/mol. The average molecular weight is 356 g/mol. The van der Waals surface area contributed by atoms with Crippen molar-refractivity contribution in [1.29, 1.82) is 0 Å². The minimum absolute atomic E-state index is 0.292. The Kier molecular flexibility index (Phi) is 5.04. The van der Waals surface area contributed by atoms with Gasteiger partial charge in [-0.1, -0.05) is 24.3 Å². The lowest BCUT2D eigenvalue weighted by atomic mass is 9.98. The fourth-order valence-electron chi connectivity index (χ4n) is 3.83. The van der Waals surface area contributed by atoms with Gasteiger partial charge in [0, 0.05) is 55.5 Å². The Bertz CT molecular complexity index is 708. The quantitative estimate of drug-likeness (QED) is 0.842. The number of thiophene rings is 1. The van der Waals surface area contributed by atoms with Crippen LogP contribution in [0.4, 0.5) is 0 Å². The standard InChI is InChI=1S/C20H24N2O2S/c23-20(8-7-16-4-3-15-25-16)22-12-10-21(11-13-22)18-9-14-24-19-6-2-1-5-17(18)19/h1-6,15,18H,7-14H2. The first-order chi connectivity index (χ1) is 12.3. The molecule has 1 atom stereocenters. The van der Waals surface area contributed by atoms with Crippen molar-refractivity contribution in [1.82, 2.24) is 9.80 Å². The molecule has 4 nitrogen and oxygen atoms in total. The van der Waals surface area contributed by atoms with Gasteiger partial charge in [-0.15, -0.1) is 11.3 Å². The minimum atomic E-state index is 0.292. The molecule has 0 saturated carbocycles. The van der Waals surface area contributed by atoms with E-state index in [1.165, 1.54) is 10.4 Å². The molecule has 1 unspecified atom stereocenters. The third-order valence-electron chi connectivity index (χ3n) is 5.20. The summed E-state index contributed by atoms with van der Waals surface area (Å²) >= 11 is 1.73. The zero-order valence-corrected chi connectivity index (χ0v) is 15.2. The molecule has 132 valence electrons. The van der Waals surface area contributed by atoms with Crippen LogP contribution >= 0.6 is 11.3 Å². The zero-order valence-electron chi connectivity index (χ0n) is 14.4. The highest BCUT2D eigenvalue weighted by Gasteiger charge is 2.30. The number of ether oxygens (including phenoxy) is 1. The summed E-state index contributed by atoms with van der Waals surface area (Å²) in [5.41, 5.74) is 1.30. The van der Waals surface area contributed by atoms with Gasteiger partial charge in [-0.3, -0.25) is 9.69 Å². The fraction of sp³-hybridized carbons (Fsp3) is 0.450. The van der Waals surface area contributed by atoms with Gasteiger partial charge in [0.25, 0.3) is 0 Å². The topological polar surface area (TPSA) is 32.8 Å². The summed E-state index contributed by atoms with van der Waals surface area (Å²) in [4.78, 5) is 18.3. The van der Waals surface area contributed by atoms with E-state index in [9.17, 15) is 4.79 Å². The highest BCUT2D eigenvalue weighted by atomic mass is 32.1. The lowest BCUT2D eigenvalue weighted by Crippen LogP contribution is -2.50. The van der Waals surface area contributed by atoms with Crippen LogP contribution in [-0.2, 0) is 11.2 Å². The van der Waals surface area contributed by atoms with E-state index >= 15 is 0 Å². The Balaban J connectivity index is 1.32. The van der Waals surface area contributed by atoms with Crippen LogP contribution in [0.25, 0.3) is 0 Å². The van der Waals surface area contributed by atoms with E-state index in [2.05, 4.69) is 40.6 Å². The molecule has 0 N–H and O–H groups in total. The summed E-state index contributed by atoms with van der Waals surface area (Å²) in [6.45, 7) is 4.35. The van der Waals surface area contributed by atoms with E-state index in [1.807, 2.05) is 11.0 Å². The molecule has 3 heterocycles. The van der Waals surface area contributed by atoms with Crippen LogP contribution in [0.5, 0.6) is 5.75 Å². The summed E-state index contributed by atoms with van der Waals surface area (Å²) in [7, 11) is 0. The number of nitrogens with zero attached hydrogens (tertiary/aromatic N) is 2. The lowest BCUT2D eigenvalue weighted by molar-refractivity contribution is -0.133. The zero-order chi connectivity index (χ0) is 17.1. The molecular formula is C20H24N2O2S. The molecule has 1 saturated heterocycles. The van der Waals surface area contributed by atoms with Crippen LogP contribution in [0.3, 0.4) is 0 Å². The maximum absolute atomic E-state index is 12.5. The van der Waals surface area contributed by atoms with Crippen LogP contribution in [0.15, 0.2) is 41.8 Å². The smallest absolute Gasteiger partial charge is 0.223 e. The van der Waals surface area contributed by atoms with Crippen LogP contribution in [0, 0.1) is 0 Å². The van der Waals surface area contributed by atoms with Gasteiger partial charge in [-0.2, -0.15) is 0 Å². The van der Waals surface area contributed by atoms with E-state index < -0.39 is 0 Å². The summed E-state index contributed by atoms with van der Waals surface area (Å²) in [5.74, 6) is 1.31. The molecule has 2 aromatic rings. The second-order valence-electron chi connectivity index (χ2n) is 6.69. The van der Waals surface area contributed by atoms with Crippen LogP contribution < -0.4 is 4.74 Å². The molecule has 0 bridgehead atoms. The number of para-hydroxylation sites is 1. The van der Waals surface area contributed by atoms with Crippen molar-refractivity contribution in [2.45, 2.75) is 25.3 Å². The van der Waals surface area contributed by atoms with Crippen molar-refractivity contribution in [2.75, 3.05) is 32.8 Å². The van der Waals surface area contributed by atoms with Crippen LogP contribution in [0.1, 0.15) is 29.3 Å². The van der Waals surface area contributed by atoms with E-state index in [-0.39, 0.29) is 0 Å². The Morgan fingerprint density at radius 3 is 2.76 bits per heavy atom. The van der Waals surface area contributed by atoms with Crippen LogP contribution in [0.2, 0.25) is 0 Å². The molecule has 1 fully saturated rings. The first kappa shape index (κ1) is 16.6. The first-order valence-electron chi connectivity index (χ1n) is 9.07. The Morgan fingerprint density at radius 2 is 1.96 bits per heavy atom. The van der Waals surface area contributed by atoms with Crippen LogP contribution in [-0.4, -0.2) is 48.5 Å².